The minimum Gasteiger partial charge on any atom is -0.439 e. The first-order valence-electron chi connectivity index (χ1n) is 7.63. The topological polar surface area (TPSA) is 66.9 Å². The number of imide groups is 1. The van der Waals surface area contributed by atoms with Crippen LogP contribution in [0.15, 0.2) is 18.2 Å². The van der Waals surface area contributed by atoms with E-state index in [0.717, 1.165) is 10.5 Å². The Morgan fingerprint density at radius 1 is 1.21 bits per heavy atom. The van der Waals surface area contributed by atoms with Gasteiger partial charge < -0.3 is 9.64 Å². The summed E-state index contributed by atoms with van der Waals surface area (Å²) in [6.45, 7) is 1.18. The lowest BCUT2D eigenvalue weighted by atomic mass is 9.98. The molecule has 2 saturated heterocycles. The average Bonchev–Trinajstić information content (AvgIpc) is 2.81. The Kier molecular flexibility index (Phi) is 4.96. The van der Waals surface area contributed by atoms with Crippen molar-refractivity contribution in [2.24, 2.45) is 5.92 Å². The van der Waals surface area contributed by atoms with Gasteiger partial charge in [-0.1, -0.05) is 29.3 Å². The molecule has 2 aliphatic rings. The SMILES string of the molecule is O=C(CCc1c(Cl)cccc1Cl)N1CC(CN2C(=O)COC2=O)C1. The van der Waals surface area contributed by atoms with Crippen molar-refractivity contribution < 1.29 is 19.1 Å². The van der Waals surface area contributed by atoms with E-state index < -0.39 is 6.09 Å². The van der Waals surface area contributed by atoms with E-state index in [1.165, 1.54) is 0 Å². The van der Waals surface area contributed by atoms with Crippen LogP contribution in [0, 0.1) is 5.92 Å². The molecule has 3 amide bonds. The predicted molar refractivity (Wildman–Crippen MR) is 87.9 cm³/mol. The predicted octanol–water partition coefficient (Wildman–Crippen LogP) is 2.36. The molecule has 24 heavy (non-hydrogen) atoms. The maximum atomic E-state index is 12.2. The van der Waals surface area contributed by atoms with Crippen molar-refractivity contribution in [2.45, 2.75) is 12.8 Å². The first-order chi connectivity index (χ1) is 11.5. The smallest absolute Gasteiger partial charge is 0.417 e. The summed E-state index contributed by atoms with van der Waals surface area (Å²) in [5.74, 6) is -0.205. The summed E-state index contributed by atoms with van der Waals surface area (Å²) in [6, 6.07) is 5.26. The molecule has 0 saturated carbocycles. The number of benzene rings is 1. The minimum atomic E-state index is -0.599. The van der Waals surface area contributed by atoms with E-state index in [4.69, 9.17) is 23.2 Å². The molecule has 0 aliphatic carbocycles. The van der Waals surface area contributed by atoms with Crippen LogP contribution < -0.4 is 0 Å². The van der Waals surface area contributed by atoms with Gasteiger partial charge in [-0.15, -0.1) is 0 Å². The minimum absolute atomic E-state index is 0.0116. The second-order valence-corrected chi connectivity index (χ2v) is 6.74. The zero-order valence-electron chi connectivity index (χ0n) is 12.8. The van der Waals surface area contributed by atoms with Crippen molar-refractivity contribution in [3.05, 3.63) is 33.8 Å². The quantitative estimate of drug-likeness (QED) is 0.797. The highest BCUT2D eigenvalue weighted by atomic mass is 35.5. The maximum absolute atomic E-state index is 12.2. The second-order valence-electron chi connectivity index (χ2n) is 5.92. The Hall–Kier alpha value is -1.79. The fraction of sp³-hybridized carbons (Fsp3) is 0.438. The first-order valence-corrected chi connectivity index (χ1v) is 8.39. The van der Waals surface area contributed by atoms with Crippen molar-refractivity contribution in [1.29, 1.82) is 0 Å². The summed E-state index contributed by atoms with van der Waals surface area (Å²) in [6.07, 6.45) is 0.203. The number of carbonyl (C=O) groups is 3. The highest BCUT2D eigenvalue weighted by molar-refractivity contribution is 6.36. The lowest BCUT2D eigenvalue weighted by Crippen LogP contribution is -2.54. The zero-order chi connectivity index (χ0) is 17.3. The van der Waals surface area contributed by atoms with Crippen LogP contribution in [0.3, 0.4) is 0 Å². The number of rotatable bonds is 5. The van der Waals surface area contributed by atoms with Crippen LogP contribution in [0.2, 0.25) is 10.0 Å². The van der Waals surface area contributed by atoms with Gasteiger partial charge in [-0.2, -0.15) is 0 Å². The number of likely N-dealkylation sites (tertiary alicyclic amines) is 1. The molecular formula is C16H16Cl2N2O4. The summed E-state index contributed by atoms with van der Waals surface area (Å²) in [5, 5.41) is 1.12. The number of carbonyl (C=O) groups excluding carboxylic acids is 3. The Labute approximate surface area is 149 Å². The fourth-order valence-corrected chi connectivity index (χ4v) is 3.45. The van der Waals surface area contributed by atoms with Crippen LogP contribution in [0.1, 0.15) is 12.0 Å². The molecule has 3 rings (SSSR count). The molecule has 1 aromatic rings. The number of halogens is 2. The molecule has 8 heteroatoms. The van der Waals surface area contributed by atoms with Crippen molar-refractivity contribution in [3.8, 4) is 0 Å². The van der Waals surface area contributed by atoms with E-state index in [-0.39, 0.29) is 24.3 Å². The monoisotopic (exact) mass is 370 g/mol. The molecule has 6 nitrogen and oxygen atoms in total. The molecule has 0 aromatic heterocycles. The third-order valence-corrected chi connectivity index (χ3v) is 4.95. The Bertz CT molecular complexity index is 652. The van der Waals surface area contributed by atoms with E-state index in [1.54, 1.807) is 23.1 Å². The van der Waals surface area contributed by atoms with Crippen LogP contribution in [-0.4, -0.2) is 53.9 Å². The summed E-state index contributed by atoms with van der Waals surface area (Å²) >= 11 is 12.2. The molecule has 0 bridgehead atoms. The van der Waals surface area contributed by atoms with Gasteiger partial charge in [-0.3, -0.25) is 9.59 Å². The van der Waals surface area contributed by atoms with Gasteiger partial charge in [0, 0.05) is 42.0 Å². The second kappa shape index (κ2) is 6.99. The molecule has 2 aliphatic heterocycles. The number of hydrogen-bond donors (Lipinski definition) is 0. The normalized spacial score (nSPS) is 17.9. The summed E-state index contributed by atoms with van der Waals surface area (Å²) in [4.78, 5) is 37.9. The van der Waals surface area contributed by atoms with E-state index >= 15 is 0 Å². The van der Waals surface area contributed by atoms with Gasteiger partial charge in [0.1, 0.15) is 0 Å². The molecule has 1 aromatic carbocycles. The average molecular weight is 371 g/mol. The fourth-order valence-electron chi connectivity index (χ4n) is 2.87. The van der Waals surface area contributed by atoms with Crippen LogP contribution >= 0.6 is 23.2 Å². The molecule has 0 radical (unpaired) electrons. The third kappa shape index (κ3) is 3.49. The Morgan fingerprint density at radius 2 is 1.88 bits per heavy atom. The first kappa shape index (κ1) is 17.0. The van der Waals surface area contributed by atoms with Gasteiger partial charge in [-0.25, -0.2) is 9.69 Å². The largest absolute Gasteiger partial charge is 0.439 e. The van der Waals surface area contributed by atoms with Gasteiger partial charge in [0.25, 0.3) is 5.91 Å². The van der Waals surface area contributed by atoms with E-state index in [2.05, 4.69) is 4.74 Å². The number of amides is 3. The molecule has 0 spiro atoms. The van der Waals surface area contributed by atoms with Gasteiger partial charge >= 0.3 is 6.09 Å². The number of ether oxygens (including phenoxy) is 1. The van der Waals surface area contributed by atoms with Crippen LogP contribution in [0.4, 0.5) is 4.79 Å². The highest BCUT2D eigenvalue weighted by Crippen LogP contribution is 2.26. The molecule has 0 N–H and O–H groups in total. The highest BCUT2D eigenvalue weighted by Gasteiger charge is 2.38. The molecule has 2 heterocycles. The van der Waals surface area contributed by atoms with Gasteiger partial charge in [0.2, 0.25) is 5.91 Å². The lowest BCUT2D eigenvalue weighted by Gasteiger charge is -2.40. The molecule has 128 valence electrons. The third-order valence-electron chi connectivity index (χ3n) is 4.24. The maximum Gasteiger partial charge on any atom is 0.417 e. The van der Waals surface area contributed by atoms with Crippen molar-refractivity contribution >= 4 is 41.1 Å². The van der Waals surface area contributed by atoms with Gasteiger partial charge in [-0.05, 0) is 24.1 Å². The van der Waals surface area contributed by atoms with E-state index in [1.807, 2.05) is 0 Å². The summed E-state index contributed by atoms with van der Waals surface area (Å²) in [7, 11) is 0. The van der Waals surface area contributed by atoms with Crippen molar-refractivity contribution in [1.82, 2.24) is 9.80 Å². The Balaban J connectivity index is 1.45. The lowest BCUT2D eigenvalue weighted by molar-refractivity contribution is -0.138. The van der Waals surface area contributed by atoms with E-state index in [9.17, 15) is 14.4 Å². The van der Waals surface area contributed by atoms with Gasteiger partial charge in [0.15, 0.2) is 6.61 Å². The van der Waals surface area contributed by atoms with Crippen LogP contribution in [-0.2, 0) is 20.7 Å². The number of cyclic esters (lactones) is 1. The number of hydrogen-bond acceptors (Lipinski definition) is 4. The molecule has 0 atom stereocenters. The molecular weight excluding hydrogens is 355 g/mol. The van der Waals surface area contributed by atoms with Crippen LogP contribution in [0.5, 0.6) is 0 Å². The Morgan fingerprint density at radius 3 is 2.46 bits per heavy atom. The van der Waals surface area contributed by atoms with E-state index in [0.29, 0.717) is 42.5 Å². The summed E-state index contributed by atoms with van der Waals surface area (Å²) in [5.41, 5.74) is 0.775. The molecule has 0 unspecified atom stereocenters. The van der Waals surface area contributed by atoms with Crippen molar-refractivity contribution in [2.75, 3.05) is 26.2 Å². The van der Waals surface area contributed by atoms with Gasteiger partial charge in [0.05, 0.1) is 0 Å². The van der Waals surface area contributed by atoms with Crippen LogP contribution in [0.25, 0.3) is 0 Å². The standard InChI is InChI=1S/C16H16Cl2N2O4/c17-12-2-1-3-13(18)11(12)4-5-14(21)19-6-10(7-19)8-20-15(22)9-24-16(20)23/h1-3,10H,4-9H2. The zero-order valence-corrected chi connectivity index (χ0v) is 14.3. The number of nitrogens with zero attached hydrogens (tertiary/aromatic N) is 2. The molecule has 2 fully saturated rings. The van der Waals surface area contributed by atoms with Crippen molar-refractivity contribution in [3.63, 3.8) is 0 Å². The summed E-state index contributed by atoms with van der Waals surface area (Å²) < 4.78 is 4.66.